The normalized spacial score (nSPS) is 11.3. The summed E-state index contributed by atoms with van der Waals surface area (Å²) in [5.41, 5.74) is 2.50. The Balaban J connectivity index is 1.82. The van der Waals surface area contributed by atoms with Crippen LogP contribution in [0.3, 0.4) is 0 Å². The molecule has 0 spiro atoms. The highest BCUT2D eigenvalue weighted by molar-refractivity contribution is 7.94. The Morgan fingerprint density at radius 2 is 1.73 bits per heavy atom. The number of halogens is 2. The lowest BCUT2D eigenvalue weighted by atomic mass is 10.0. The highest BCUT2D eigenvalue weighted by Gasteiger charge is 2.23. The van der Waals surface area contributed by atoms with E-state index < -0.39 is 15.9 Å². The first-order chi connectivity index (χ1) is 14.2. The minimum Gasteiger partial charge on any atom is -0.296 e. The number of nitrogens with one attached hydrogen (secondary N) is 2. The van der Waals surface area contributed by atoms with E-state index >= 15 is 0 Å². The Labute approximate surface area is 188 Å². The first kappa shape index (κ1) is 22.5. The number of anilines is 2. The molecule has 0 aliphatic carbocycles. The van der Waals surface area contributed by atoms with Crippen LogP contribution in [0.25, 0.3) is 0 Å². The lowest BCUT2D eigenvalue weighted by molar-refractivity contribution is 0.102. The maximum atomic E-state index is 12.8. The van der Waals surface area contributed by atoms with Crippen molar-refractivity contribution in [2.45, 2.75) is 31.0 Å². The van der Waals surface area contributed by atoms with Gasteiger partial charge in [-0.2, -0.15) is 8.42 Å². The van der Waals surface area contributed by atoms with Gasteiger partial charge in [0.25, 0.3) is 20.3 Å². The number of sulfonamides is 1. The van der Waals surface area contributed by atoms with E-state index in [2.05, 4.69) is 20.2 Å². The summed E-state index contributed by atoms with van der Waals surface area (Å²) >= 11 is 12.6. The van der Waals surface area contributed by atoms with Crippen molar-refractivity contribution in [3.8, 4) is 0 Å². The Morgan fingerprint density at radius 1 is 1.07 bits per heavy atom. The van der Waals surface area contributed by atoms with Gasteiger partial charge in [0.2, 0.25) is 5.13 Å². The van der Waals surface area contributed by atoms with Crippen molar-refractivity contribution in [3.63, 3.8) is 0 Å². The van der Waals surface area contributed by atoms with Gasteiger partial charge in [0, 0.05) is 5.02 Å². The average Bonchev–Trinajstić information content (AvgIpc) is 3.17. The van der Waals surface area contributed by atoms with Crippen LogP contribution in [0.5, 0.6) is 0 Å². The quantitative estimate of drug-likeness (QED) is 0.458. The largest absolute Gasteiger partial charge is 0.296 e. The van der Waals surface area contributed by atoms with Crippen LogP contribution in [-0.4, -0.2) is 24.5 Å². The van der Waals surface area contributed by atoms with Gasteiger partial charge in [0.05, 0.1) is 16.3 Å². The van der Waals surface area contributed by atoms with Gasteiger partial charge in [-0.15, -0.1) is 10.2 Å². The van der Waals surface area contributed by atoms with Gasteiger partial charge in [0.15, 0.2) is 0 Å². The van der Waals surface area contributed by atoms with Gasteiger partial charge in [-0.05, 0) is 42.2 Å². The average molecular weight is 485 g/mol. The van der Waals surface area contributed by atoms with Crippen molar-refractivity contribution in [3.05, 3.63) is 63.1 Å². The molecule has 1 aromatic heterocycles. The number of hydrogen-bond acceptors (Lipinski definition) is 6. The fourth-order valence-electron chi connectivity index (χ4n) is 2.76. The summed E-state index contributed by atoms with van der Waals surface area (Å²) < 4.78 is 28.1. The fraction of sp³-hybridized carbons (Fsp3) is 0.211. The predicted molar refractivity (Wildman–Crippen MR) is 120 cm³/mol. The van der Waals surface area contributed by atoms with Crippen molar-refractivity contribution >= 4 is 61.3 Å². The number of carbonyl (C=O) groups is 1. The van der Waals surface area contributed by atoms with Crippen LogP contribution in [0.1, 0.15) is 35.3 Å². The van der Waals surface area contributed by atoms with E-state index in [0.29, 0.717) is 23.6 Å². The summed E-state index contributed by atoms with van der Waals surface area (Å²) in [7, 11) is -3.97. The summed E-state index contributed by atoms with van der Waals surface area (Å²) in [6.45, 7) is 3.90. The zero-order chi connectivity index (χ0) is 21.9. The van der Waals surface area contributed by atoms with Gasteiger partial charge < -0.3 is 0 Å². The molecule has 1 amide bonds. The summed E-state index contributed by atoms with van der Waals surface area (Å²) in [5, 5.41) is 10.6. The Hall–Kier alpha value is -2.20. The van der Waals surface area contributed by atoms with Gasteiger partial charge >= 0.3 is 0 Å². The third-order valence-corrected chi connectivity index (χ3v) is 7.37. The molecule has 30 heavy (non-hydrogen) atoms. The number of para-hydroxylation sites is 1. The molecule has 0 aliphatic heterocycles. The zero-order valence-electron chi connectivity index (χ0n) is 16.1. The molecule has 158 valence electrons. The molecule has 0 radical (unpaired) electrons. The first-order valence-corrected chi connectivity index (χ1v) is 12.0. The monoisotopic (exact) mass is 484 g/mol. The summed E-state index contributed by atoms with van der Waals surface area (Å²) in [5.74, 6) is -0.547. The molecule has 3 rings (SSSR count). The van der Waals surface area contributed by atoms with Crippen molar-refractivity contribution in [2.24, 2.45) is 0 Å². The molecule has 0 saturated heterocycles. The van der Waals surface area contributed by atoms with Gasteiger partial charge in [0.1, 0.15) is 0 Å². The highest BCUT2D eigenvalue weighted by Crippen LogP contribution is 2.28. The van der Waals surface area contributed by atoms with E-state index in [1.807, 2.05) is 32.0 Å². The van der Waals surface area contributed by atoms with Crippen LogP contribution in [0.4, 0.5) is 10.8 Å². The van der Waals surface area contributed by atoms with E-state index in [1.54, 1.807) is 0 Å². The smallest absolute Gasteiger partial charge is 0.291 e. The van der Waals surface area contributed by atoms with Crippen LogP contribution in [0, 0.1) is 0 Å². The molecule has 7 nitrogen and oxygen atoms in total. The topological polar surface area (TPSA) is 101 Å². The molecule has 0 atom stereocenters. The second-order valence-electron chi connectivity index (χ2n) is 6.22. The molecule has 1 heterocycles. The Kier molecular flexibility index (Phi) is 6.97. The predicted octanol–water partition coefficient (Wildman–Crippen LogP) is 5.02. The molecule has 0 fully saturated rings. The number of aryl methyl sites for hydroxylation is 2. The number of rotatable bonds is 7. The van der Waals surface area contributed by atoms with E-state index in [-0.39, 0.29) is 20.1 Å². The Morgan fingerprint density at radius 3 is 2.33 bits per heavy atom. The SMILES string of the molecule is CCc1cccc(CC)c1NS(=O)(=O)c1nnc(NC(=O)c2ccc(Cl)cc2Cl)s1. The van der Waals surface area contributed by atoms with Crippen molar-refractivity contribution < 1.29 is 13.2 Å². The minimum atomic E-state index is -3.97. The number of hydrogen-bond donors (Lipinski definition) is 2. The van der Waals surface area contributed by atoms with Crippen LogP contribution in [0.15, 0.2) is 40.7 Å². The molecular weight excluding hydrogens is 467 g/mol. The van der Waals surface area contributed by atoms with Gasteiger partial charge in [-0.3, -0.25) is 14.8 Å². The van der Waals surface area contributed by atoms with Crippen LogP contribution < -0.4 is 10.0 Å². The molecule has 11 heteroatoms. The van der Waals surface area contributed by atoms with Gasteiger partial charge in [-0.1, -0.05) is 66.6 Å². The van der Waals surface area contributed by atoms with Crippen LogP contribution in [-0.2, 0) is 22.9 Å². The van der Waals surface area contributed by atoms with Crippen LogP contribution in [0.2, 0.25) is 10.0 Å². The third-order valence-electron chi connectivity index (χ3n) is 4.27. The standard InChI is InChI=1S/C19H18Cl2N4O3S2/c1-3-11-6-5-7-12(4-2)16(11)25-30(27,28)19-24-23-18(29-19)22-17(26)14-9-8-13(20)10-15(14)21/h5-10,25H,3-4H2,1-2H3,(H,22,23,26). The second kappa shape index (κ2) is 9.30. The number of carbonyl (C=O) groups excluding carboxylic acids is 1. The Bertz CT molecular complexity index is 1170. The van der Waals surface area contributed by atoms with E-state index in [1.165, 1.54) is 18.2 Å². The van der Waals surface area contributed by atoms with Crippen molar-refractivity contribution in [2.75, 3.05) is 10.0 Å². The number of nitrogens with zero attached hydrogens (tertiary/aromatic N) is 2. The number of benzene rings is 2. The summed E-state index contributed by atoms with van der Waals surface area (Å²) in [6.07, 6.45) is 1.34. The van der Waals surface area contributed by atoms with Crippen molar-refractivity contribution in [1.82, 2.24) is 10.2 Å². The maximum absolute atomic E-state index is 12.8. The fourth-order valence-corrected chi connectivity index (χ4v) is 5.29. The zero-order valence-corrected chi connectivity index (χ0v) is 19.2. The molecular formula is C19H18Cl2N4O3S2. The van der Waals surface area contributed by atoms with Gasteiger partial charge in [-0.25, -0.2) is 0 Å². The highest BCUT2D eigenvalue weighted by atomic mass is 35.5. The summed E-state index contributed by atoms with van der Waals surface area (Å²) in [6, 6.07) is 10.1. The lowest BCUT2D eigenvalue weighted by Gasteiger charge is -2.14. The van der Waals surface area contributed by atoms with E-state index in [9.17, 15) is 13.2 Å². The third kappa shape index (κ3) is 4.92. The lowest BCUT2D eigenvalue weighted by Crippen LogP contribution is -2.15. The summed E-state index contributed by atoms with van der Waals surface area (Å²) in [4.78, 5) is 12.4. The second-order valence-corrected chi connectivity index (χ2v) is 9.89. The molecule has 0 bridgehead atoms. The molecule has 0 unspecified atom stereocenters. The molecule has 3 aromatic rings. The molecule has 0 aliphatic rings. The minimum absolute atomic E-state index is 0.0332. The van der Waals surface area contributed by atoms with E-state index in [0.717, 1.165) is 22.5 Å². The molecule has 2 aromatic carbocycles. The molecule has 0 saturated carbocycles. The maximum Gasteiger partial charge on any atom is 0.291 e. The van der Waals surface area contributed by atoms with E-state index in [4.69, 9.17) is 23.2 Å². The van der Waals surface area contributed by atoms with Crippen LogP contribution >= 0.6 is 34.5 Å². The number of aromatic nitrogens is 2. The van der Waals surface area contributed by atoms with Crippen molar-refractivity contribution in [1.29, 1.82) is 0 Å². The first-order valence-electron chi connectivity index (χ1n) is 8.98. The number of amides is 1. The molecule has 2 N–H and O–H groups in total.